The van der Waals surface area contributed by atoms with Gasteiger partial charge in [-0.1, -0.05) is 18.2 Å². The Morgan fingerprint density at radius 2 is 1.94 bits per heavy atom. The van der Waals surface area contributed by atoms with Crippen molar-refractivity contribution in [3.8, 4) is 5.75 Å². The average Bonchev–Trinajstić information content (AvgIpc) is 2.14. The van der Waals surface area contributed by atoms with E-state index >= 15 is 0 Å². The molecule has 3 heteroatoms. The molecule has 0 aromatic heterocycles. The topological polar surface area (TPSA) is 46.5 Å². The van der Waals surface area contributed by atoms with E-state index in [1.165, 1.54) is 6.08 Å². The number of hydrogen-bond acceptors (Lipinski definition) is 2. The first kappa shape index (κ1) is 12.3. The molecule has 0 unspecified atom stereocenters. The van der Waals surface area contributed by atoms with E-state index in [-0.39, 0.29) is 5.60 Å². The molecule has 0 aliphatic heterocycles. The van der Waals surface area contributed by atoms with E-state index in [4.69, 9.17) is 9.84 Å². The Kier molecular flexibility index (Phi) is 3.72. The van der Waals surface area contributed by atoms with Gasteiger partial charge in [0.15, 0.2) is 0 Å². The normalized spacial score (nSPS) is 11.7. The molecular formula is C13H16O3. The number of aliphatic carboxylic acids is 1. The van der Waals surface area contributed by atoms with Crippen molar-refractivity contribution in [3.05, 3.63) is 35.9 Å². The lowest BCUT2D eigenvalue weighted by Crippen LogP contribution is -2.23. The van der Waals surface area contributed by atoms with Crippen molar-refractivity contribution in [2.24, 2.45) is 0 Å². The highest BCUT2D eigenvalue weighted by Gasteiger charge is 2.13. The molecule has 0 atom stereocenters. The van der Waals surface area contributed by atoms with Crippen molar-refractivity contribution in [2.75, 3.05) is 0 Å². The quantitative estimate of drug-likeness (QED) is 0.796. The largest absolute Gasteiger partial charge is 0.488 e. The van der Waals surface area contributed by atoms with Crippen LogP contribution in [0.4, 0.5) is 0 Å². The summed E-state index contributed by atoms with van der Waals surface area (Å²) in [6, 6.07) is 7.35. The first-order chi connectivity index (χ1) is 7.38. The number of carboxylic acids is 1. The monoisotopic (exact) mass is 220 g/mol. The van der Waals surface area contributed by atoms with Crippen molar-refractivity contribution in [1.82, 2.24) is 0 Å². The number of carbonyl (C=O) groups is 1. The molecule has 0 amide bonds. The molecule has 16 heavy (non-hydrogen) atoms. The van der Waals surface area contributed by atoms with Gasteiger partial charge in [-0.3, -0.25) is 0 Å². The summed E-state index contributed by atoms with van der Waals surface area (Å²) in [5.74, 6) is -0.280. The first-order valence-corrected chi connectivity index (χ1v) is 5.07. The second-order valence-electron chi connectivity index (χ2n) is 4.42. The smallest absolute Gasteiger partial charge is 0.328 e. The lowest BCUT2D eigenvalue weighted by molar-refractivity contribution is -0.131. The van der Waals surface area contributed by atoms with E-state index in [1.807, 2.05) is 45.0 Å². The maximum atomic E-state index is 10.4. The second kappa shape index (κ2) is 4.84. The summed E-state index contributed by atoms with van der Waals surface area (Å²) in [5, 5.41) is 8.57. The fourth-order valence-corrected chi connectivity index (χ4v) is 1.20. The molecule has 1 aromatic rings. The molecular weight excluding hydrogens is 204 g/mol. The molecule has 0 heterocycles. The van der Waals surface area contributed by atoms with E-state index < -0.39 is 5.97 Å². The van der Waals surface area contributed by atoms with Crippen molar-refractivity contribution in [2.45, 2.75) is 26.4 Å². The van der Waals surface area contributed by atoms with Gasteiger partial charge in [0.25, 0.3) is 0 Å². The Hall–Kier alpha value is -1.77. The van der Waals surface area contributed by atoms with E-state index in [9.17, 15) is 4.79 Å². The summed E-state index contributed by atoms with van der Waals surface area (Å²) in [5.41, 5.74) is 0.465. The number of rotatable bonds is 3. The molecule has 0 fully saturated rings. The van der Waals surface area contributed by atoms with E-state index in [0.29, 0.717) is 5.75 Å². The SMILES string of the molecule is CC(C)(C)Oc1ccccc1C=CC(=O)O. The highest BCUT2D eigenvalue weighted by atomic mass is 16.5. The van der Waals surface area contributed by atoms with E-state index in [2.05, 4.69) is 0 Å². The van der Waals surface area contributed by atoms with Gasteiger partial charge >= 0.3 is 5.97 Å². The molecule has 0 aliphatic rings. The van der Waals surface area contributed by atoms with Crippen molar-refractivity contribution in [1.29, 1.82) is 0 Å². The Morgan fingerprint density at radius 3 is 2.50 bits per heavy atom. The molecule has 1 rings (SSSR count). The number of hydrogen-bond donors (Lipinski definition) is 1. The van der Waals surface area contributed by atoms with E-state index in [1.54, 1.807) is 0 Å². The molecule has 0 bridgehead atoms. The minimum absolute atomic E-state index is 0.298. The van der Waals surface area contributed by atoms with Crippen LogP contribution in [0.1, 0.15) is 26.3 Å². The van der Waals surface area contributed by atoms with Crippen LogP contribution < -0.4 is 4.74 Å². The van der Waals surface area contributed by atoms with Gasteiger partial charge in [0.1, 0.15) is 11.4 Å². The Bertz CT molecular complexity index is 400. The molecule has 86 valence electrons. The van der Waals surface area contributed by atoms with Crippen molar-refractivity contribution < 1.29 is 14.6 Å². The summed E-state index contributed by atoms with van der Waals surface area (Å²) in [6.45, 7) is 5.85. The van der Waals surface area contributed by atoms with Gasteiger partial charge in [0, 0.05) is 11.6 Å². The second-order valence-corrected chi connectivity index (χ2v) is 4.42. The van der Waals surface area contributed by atoms with Gasteiger partial charge in [-0.25, -0.2) is 4.79 Å². The van der Waals surface area contributed by atoms with Gasteiger partial charge in [-0.2, -0.15) is 0 Å². The van der Waals surface area contributed by atoms with Gasteiger partial charge in [0.2, 0.25) is 0 Å². The lowest BCUT2D eigenvalue weighted by atomic mass is 10.1. The summed E-state index contributed by atoms with van der Waals surface area (Å²) in [7, 11) is 0. The molecule has 0 saturated heterocycles. The third-order valence-electron chi connectivity index (χ3n) is 1.74. The minimum Gasteiger partial charge on any atom is -0.488 e. The molecule has 1 aromatic carbocycles. The van der Waals surface area contributed by atoms with Gasteiger partial charge < -0.3 is 9.84 Å². The summed E-state index contributed by atoms with van der Waals surface area (Å²) in [6.07, 6.45) is 2.63. The van der Waals surface area contributed by atoms with E-state index in [0.717, 1.165) is 11.6 Å². The zero-order valence-electron chi connectivity index (χ0n) is 9.73. The fraction of sp³-hybridized carbons (Fsp3) is 0.308. The predicted molar refractivity (Wildman–Crippen MR) is 63.5 cm³/mol. The molecule has 3 nitrogen and oxygen atoms in total. The zero-order valence-corrected chi connectivity index (χ0v) is 9.73. The van der Waals surface area contributed by atoms with Crippen LogP contribution in [0.2, 0.25) is 0 Å². The summed E-state index contributed by atoms with van der Waals surface area (Å²) in [4.78, 5) is 10.4. The molecule has 0 radical (unpaired) electrons. The van der Waals surface area contributed by atoms with Crippen LogP contribution in [0.3, 0.4) is 0 Å². The van der Waals surface area contributed by atoms with Crippen LogP contribution in [0, 0.1) is 0 Å². The van der Waals surface area contributed by atoms with Crippen LogP contribution in [-0.2, 0) is 4.79 Å². The summed E-state index contributed by atoms with van der Waals surface area (Å²) < 4.78 is 5.72. The number of para-hydroxylation sites is 1. The number of benzene rings is 1. The van der Waals surface area contributed by atoms with Crippen LogP contribution >= 0.6 is 0 Å². The predicted octanol–water partition coefficient (Wildman–Crippen LogP) is 2.96. The van der Waals surface area contributed by atoms with Crippen LogP contribution in [0.25, 0.3) is 6.08 Å². The maximum Gasteiger partial charge on any atom is 0.328 e. The molecule has 0 spiro atoms. The van der Waals surface area contributed by atoms with Gasteiger partial charge in [0.05, 0.1) is 0 Å². The highest BCUT2D eigenvalue weighted by molar-refractivity contribution is 5.85. The Labute approximate surface area is 95.4 Å². The minimum atomic E-state index is -0.967. The van der Waals surface area contributed by atoms with Crippen LogP contribution in [0.15, 0.2) is 30.3 Å². The summed E-state index contributed by atoms with van der Waals surface area (Å²) >= 11 is 0. The number of carboxylic acid groups (broad SMARTS) is 1. The lowest BCUT2D eigenvalue weighted by Gasteiger charge is -2.22. The van der Waals surface area contributed by atoms with Gasteiger partial charge in [-0.15, -0.1) is 0 Å². The number of ether oxygens (including phenoxy) is 1. The standard InChI is InChI=1S/C13H16O3/c1-13(2,3)16-11-7-5-4-6-10(11)8-9-12(14)15/h4-9H,1-3H3,(H,14,15). The first-order valence-electron chi connectivity index (χ1n) is 5.07. The average molecular weight is 220 g/mol. The van der Waals surface area contributed by atoms with Gasteiger partial charge in [-0.05, 0) is 32.9 Å². The third kappa shape index (κ3) is 4.17. The van der Waals surface area contributed by atoms with Crippen LogP contribution in [0.5, 0.6) is 5.75 Å². The molecule has 0 saturated carbocycles. The molecule has 0 aliphatic carbocycles. The Balaban J connectivity index is 2.96. The Morgan fingerprint density at radius 1 is 1.31 bits per heavy atom. The third-order valence-corrected chi connectivity index (χ3v) is 1.74. The zero-order chi connectivity index (χ0) is 12.2. The fourth-order valence-electron chi connectivity index (χ4n) is 1.20. The van der Waals surface area contributed by atoms with Crippen molar-refractivity contribution in [3.63, 3.8) is 0 Å². The van der Waals surface area contributed by atoms with Crippen molar-refractivity contribution >= 4 is 12.0 Å². The van der Waals surface area contributed by atoms with Crippen LogP contribution in [-0.4, -0.2) is 16.7 Å². The maximum absolute atomic E-state index is 10.4. The highest BCUT2D eigenvalue weighted by Crippen LogP contribution is 2.23. The molecule has 1 N–H and O–H groups in total.